The molecule has 0 aliphatic heterocycles. The lowest BCUT2D eigenvalue weighted by molar-refractivity contribution is -0.385. The summed E-state index contributed by atoms with van der Waals surface area (Å²) in [6, 6.07) is 7.28. The van der Waals surface area contributed by atoms with Crippen LogP contribution >= 0.6 is 0 Å². The number of nitrogens with one attached hydrogen (secondary N) is 1. The van der Waals surface area contributed by atoms with E-state index in [-0.39, 0.29) is 24.1 Å². The summed E-state index contributed by atoms with van der Waals surface area (Å²) < 4.78 is 43.8. The molecular weight excluding hydrogens is 327 g/mol. The highest BCUT2D eigenvalue weighted by Gasteiger charge is 2.34. The summed E-state index contributed by atoms with van der Waals surface area (Å²) in [5.74, 6) is 0.108. The summed E-state index contributed by atoms with van der Waals surface area (Å²) in [7, 11) is 0. The van der Waals surface area contributed by atoms with Crippen molar-refractivity contribution in [2.45, 2.75) is 19.1 Å². The molecule has 0 saturated carbocycles. The van der Waals surface area contributed by atoms with Crippen LogP contribution in [0.5, 0.6) is 5.75 Å². The van der Waals surface area contributed by atoms with Crippen molar-refractivity contribution < 1.29 is 22.8 Å². The fraction of sp³-hybridized carbons (Fsp3) is 0.267. The number of nitrogens with zero attached hydrogens (tertiary/aromatic N) is 2. The minimum absolute atomic E-state index is 0.0360. The van der Waals surface area contributed by atoms with Crippen molar-refractivity contribution >= 4 is 11.5 Å². The zero-order valence-corrected chi connectivity index (χ0v) is 12.6. The number of hydrogen-bond donors (Lipinski definition) is 1. The van der Waals surface area contributed by atoms with Gasteiger partial charge in [-0.05, 0) is 25.1 Å². The summed E-state index contributed by atoms with van der Waals surface area (Å²) >= 11 is 0. The van der Waals surface area contributed by atoms with Gasteiger partial charge in [0.1, 0.15) is 24.4 Å². The Hall–Kier alpha value is -2.84. The van der Waals surface area contributed by atoms with Gasteiger partial charge in [0.25, 0.3) is 5.69 Å². The third-order valence-corrected chi connectivity index (χ3v) is 3.03. The number of para-hydroxylation sites is 1. The number of benzene rings is 1. The molecule has 1 unspecified atom stereocenters. The number of ether oxygens (including phenoxy) is 1. The number of hydrogen-bond acceptors (Lipinski definition) is 5. The van der Waals surface area contributed by atoms with Crippen molar-refractivity contribution in [3.05, 3.63) is 58.3 Å². The highest BCUT2D eigenvalue weighted by molar-refractivity contribution is 5.41. The molecule has 1 aromatic carbocycles. The van der Waals surface area contributed by atoms with Gasteiger partial charge in [-0.3, -0.25) is 10.1 Å². The second-order valence-electron chi connectivity index (χ2n) is 5.01. The maximum Gasteiger partial charge on any atom is 0.419 e. The van der Waals surface area contributed by atoms with Crippen LogP contribution < -0.4 is 10.1 Å². The lowest BCUT2D eigenvalue weighted by Gasteiger charge is -2.18. The molecular formula is C15H14F3N3O3. The van der Waals surface area contributed by atoms with Crippen molar-refractivity contribution in [2.75, 3.05) is 11.9 Å². The van der Waals surface area contributed by atoms with Gasteiger partial charge < -0.3 is 10.1 Å². The largest absolute Gasteiger partial charge is 0.491 e. The molecule has 0 fully saturated rings. The molecule has 6 nitrogen and oxygen atoms in total. The monoisotopic (exact) mass is 341 g/mol. The van der Waals surface area contributed by atoms with E-state index in [0.29, 0.717) is 5.82 Å². The minimum atomic E-state index is -4.49. The molecule has 0 aliphatic rings. The number of pyridine rings is 1. The van der Waals surface area contributed by atoms with Gasteiger partial charge >= 0.3 is 6.18 Å². The molecule has 0 bridgehead atoms. The third kappa shape index (κ3) is 4.58. The standard InChI is InChI=1S/C15H14F3N3O3/c1-10(20-14-7-6-11(8-19-14)21(22)23)9-24-13-5-3-2-4-12(13)15(16,17)18/h2-8,10H,9H2,1H3,(H,19,20). The van der Waals surface area contributed by atoms with Crippen molar-refractivity contribution in [3.8, 4) is 5.75 Å². The van der Waals surface area contributed by atoms with E-state index in [2.05, 4.69) is 10.3 Å². The van der Waals surface area contributed by atoms with E-state index >= 15 is 0 Å². The van der Waals surface area contributed by atoms with Crippen molar-refractivity contribution in [2.24, 2.45) is 0 Å². The Morgan fingerprint density at radius 1 is 1.29 bits per heavy atom. The molecule has 0 spiro atoms. The van der Waals surface area contributed by atoms with E-state index in [1.165, 1.54) is 30.3 Å². The zero-order chi connectivity index (χ0) is 17.7. The molecule has 1 heterocycles. The molecule has 1 N–H and O–H groups in total. The second kappa shape index (κ2) is 7.16. The Morgan fingerprint density at radius 2 is 2.00 bits per heavy atom. The topological polar surface area (TPSA) is 77.3 Å². The second-order valence-corrected chi connectivity index (χ2v) is 5.01. The highest BCUT2D eigenvalue weighted by atomic mass is 19.4. The maximum atomic E-state index is 12.9. The number of nitro groups is 1. The number of halogens is 3. The van der Waals surface area contributed by atoms with E-state index in [1.807, 2.05) is 0 Å². The van der Waals surface area contributed by atoms with Gasteiger partial charge in [-0.25, -0.2) is 4.98 Å². The highest BCUT2D eigenvalue weighted by Crippen LogP contribution is 2.35. The van der Waals surface area contributed by atoms with Gasteiger partial charge in [-0.2, -0.15) is 13.2 Å². The molecule has 9 heteroatoms. The molecule has 0 radical (unpaired) electrons. The van der Waals surface area contributed by atoms with Crippen LogP contribution in [0.25, 0.3) is 0 Å². The Bertz CT molecular complexity index is 705. The van der Waals surface area contributed by atoms with Gasteiger partial charge in [-0.1, -0.05) is 12.1 Å². The fourth-order valence-corrected chi connectivity index (χ4v) is 1.92. The summed E-state index contributed by atoms with van der Waals surface area (Å²) in [4.78, 5) is 13.8. The van der Waals surface area contributed by atoms with Crippen LogP contribution in [0, 0.1) is 10.1 Å². The van der Waals surface area contributed by atoms with Gasteiger partial charge in [0, 0.05) is 6.07 Å². The Morgan fingerprint density at radius 3 is 2.58 bits per heavy atom. The molecule has 2 rings (SSSR count). The van der Waals surface area contributed by atoms with E-state index in [4.69, 9.17) is 4.74 Å². The average Bonchev–Trinajstić information content (AvgIpc) is 2.53. The number of rotatable bonds is 6. The minimum Gasteiger partial charge on any atom is -0.491 e. The summed E-state index contributed by atoms with van der Waals surface area (Å²) in [6.45, 7) is 1.66. The SMILES string of the molecule is CC(COc1ccccc1C(F)(F)F)Nc1ccc([N+](=O)[O-])cn1. The van der Waals surface area contributed by atoms with Gasteiger partial charge in [0.2, 0.25) is 0 Å². The first-order valence-electron chi connectivity index (χ1n) is 6.93. The lowest BCUT2D eigenvalue weighted by atomic mass is 10.2. The molecule has 0 aliphatic carbocycles. The van der Waals surface area contributed by atoms with Crippen molar-refractivity contribution in [3.63, 3.8) is 0 Å². The molecule has 2 aromatic rings. The molecule has 1 aromatic heterocycles. The Labute approximate surface area is 135 Å². The summed E-state index contributed by atoms with van der Waals surface area (Å²) in [5.41, 5.74) is -0.991. The van der Waals surface area contributed by atoms with Crippen LogP contribution in [-0.4, -0.2) is 22.6 Å². The van der Waals surface area contributed by atoms with E-state index in [9.17, 15) is 23.3 Å². The molecule has 128 valence electrons. The first-order chi connectivity index (χ1) is 11.3. The van der Waals surface area contributed by atoms with E-state index in [0.717, 1.165) is 12.3 Å². The summed E-state index contributed by atoms with van der Waals surface area (Å²) in [6.07, 6.45) is -3.40. The molecule has 24 heavy (non-hydrogen) atoms. The lowest BCUT2D eigenvalue weighted by Crippen LogP contribution is -2.24. The number of aromatic nitrogens is 1. The van der Waals surface area contributed by atoms with Crippen LogP contribution in [0.1, 0.15) is 12.5 Å². The van der Waals surface area contributed by atoms with Crippen LogP contribution in [0.3, 0.4) is 0 Å². The van der Waals surface area contributed by atoms with Gasteiger partial charge in [0.05, 0.1) is 16.5 Å². The van der Waals surface area contributed by atoms with Crippen LogP contribution in [0.15, 0.2) is 42.6 Å². The smallest absolute Gasteiger partial charge is 0.419 e. The van der Waals surface area contributed by atoms with Gasteiger partial charge in [0.15, 0.2) is 0 Å². The predicted octanol–water partition coefficient (Wildman–Crippen LogP) is 3.89. The quantitative estimate of drug-likeness (QED) is 0.637. The van der Waals surface area contributed by atoms with Crippen molar-refractivity contribution in [1.82, 2.24) is 4.98 Å². The molecule has 0 amide bonds. The molecule has 1 atom stereocenters. The van der Waals surface area contributed by atoms with Crippen LogP contribution in [0.2, 0.25) is 0 Å². The summed E-state index contributed by atoms with van der Waals surface area (Å²) in [5, 5.41) is 13.4. The van der Waals surface area contributed by atoms with Crippen molar-refractivity contribution in [1.29, 1.82) is 0 Å². The normalized spacial score (nSPS) is 12.5. The first kappa shape index (κ1) is 17.5. The Balaban J connectivity index is 1.96. The zero-order valence-electron chi connectivity index (χ0n) is 12.6. The van der Waals surface area contributed by atoms with Crippen LogP contribution in [-0.2, 0) is 6.18 Å². The predicted molar refractivity (Wildman–Crippen MR) is 80.9 cm³/mol. The van der Waals surface area contributed by atoms with E-state index < -0.39 is 16.7 Å². The average molecular weight is 341 g/mol. The first-order valence-corrected chi connectivity index (χ1v) is 6.93. The number of alkyl halides is 3. The van der Waals surface area contributed by atoms with E-state index in [1.54, 1.807) is 6.92 Å². The fourth-order valence-electron chi connectivity index (χ4n) is 1.92. The third-order valence-electron chi connectivity index (χ3n) is 3.03. The maximum absolute atomic E-state index is 12.9. The number of anilines is 1. The molecule has 0 saturated heterocycles. The van der Waals surface area contributed by atoms with Crippen LogP contribution in [0.4, 0.5) is 24.7 Å². The Kier molecular flexibility index (Phi) is 5.22. The van der Waals surface area contributed by atoms with Gasteiger partial charge in [-0.15, -0.1) is 0 Å².